The van der Waals surface area contributed by atoms with Gasteiger partial charge in [0.05, 0.1) is 12.7 Å². The summed E-state index contributed by atoms with van der Waals surface area (Å²) in [7, 11) is 0. The predicted molar refractivity (Wildman–Crippen MR) is 71.7 cm³/mol. The third-order valence-electron chi connectivity index (χ3n) is 4.87. The zero-order valence-electron chi connectivity index (χ0n) is 11.9. The second-order valence-electron chi connectivity index (χ2n) is 6.77. The van der Waals surface area contributed by atoms with Gasteiger partial charge in [-0.05, 0) is 46.0 Å². The molecule has 2 aliphatic heterocycles. The third kappa shape index (κ3) is 2.73. The summed E-state index contributed by atoms with van der Waals surface area (Å²) in [5.74, 6) is 0. The standard InChI is InChI=1S/C15H27NO2/c1-12(2)18-11-15(5-6-15)10-16-13-3-7-17-8-4-14(16)9-13/h12-14H,3-11H2,1-2H3. The van der Waals surface area contributed by atoms with Gasteiger partial charge in [0.2, 0.25) is 0 Å². The van der Waals surface area contributed by atoms with Gasteiger partial charge in [0.1, 0.15) is 0 Å². The van der Waals surface area contributed by atoms with E-state index in [9.17, 15) is 0 Å². The number of fused-ring (bicyclic) bond motifs is 2. The van der Waals surface area contributed by atoms with Crippen molar-refractivity contribution >= 4 is 0 Å². The molecular weight excluding hydrogens is 226 g/mol. The number of nitrogens with zero attached hydrogens (tertiary/aromatic N) is 1. The second kappa shape index (κ2) is 5.10. The van der Waals surface area contributed by atoms with Crippen LogP contribution in [0.25, 0.3) is 0 Å². The molecule has 2 unspecified atom stereocenters. The minimum Gasteiger partial charge on any atom is -0.381 e. The van der Waals surface area contributed by atoms with Crippen LogP contribution in [0.2, 0.25) is 0 Å². The molecule has 2 saturated heterocycles. The van der Waals surface area contributed by atoms with Crippen LogP contribution in [0.1, 0.15) is 46.0 Å². The van der Waals surface area contributed by atoms with E-state index in [4.69, 9.17) is 9.47 Å². The number of hydrogen-bond donors (Lipinski definition) is 0. The maximum atomic E-state index is 5.87. The average molecular weight is 253 g/mol. The lowest BCUT2D eigenvalue weighted by Gasteiger charge is -2.51. The van der Waals surface area contributed by atoms with E-state index in [2.05, 4.69) is 18.7 Å². The normalized spacial score (nSPS) is 34.8. The molecule has 0 amide bonds. The molecule has 0 aromatic carbocycles. The van der Waals surface area contributed by atoms with E-state index < -0.39 is 0 Å². The summed E-state index contributed by atoms with van der Waals surface area (Å²) < 4.78 is 11.5. The highest BCUT2D eigenvalue weighted by Crippen LogP contribution is 2.49. The van der Waals surface area contributed by atoms with Crippen molar-refractivity contribution in [1.29, 1.82) is 0 Å². The van der Waals surface area contributed by atoms with Crippen molar-refractivity contribution in [2.45, 2.75) is 64.1 Å². The van der Waals surface area contributed by atoms with E-state index in [-0.39, 0.29) is 0 Å². The van der Waals surface area contributed by atoms with Crippen molar-refractivity contribution in [3.05, 3.63) is 0 Å². The van der Waals surface area contributed by atoms with Gasteiger partial charge < -0.3 is 9.47 Å². The van der Waals surface area contributed by atoms with Crippen LogP contribution in [0.3, 0.4) is 0 Å². The fourth-order valence-corrected chi connectivity index (χ4v) is 3.37. The Kier molecular flexibility index (Phi) is 3.65. The van der Waals surface area contributed by atoms with Crippen molar-refractivity contribution in [2.24, 2.45) is 5.41 Å². The molecule has 2 heterocycles. The van der Waals surface area contributed by atoms with E-state index in [1.54, 1.807) is 0 Å². The predicted octanol–water partition coefficient (Wildman–Crippen LogP) is 2.44. The zero-order valence-corrected chi connectivity index (χ0v) is 11.9. The third-order valence-corrected chi connectivity index (χ3v) is 4.87. The van der Waals surface area contributed by atoms with Crippen LogP contribution >= 0.6 is 0 Å². The van der Waals surface area contributed by atoms with Gasteiger partial charge in [-0.3, -0.25) is 4.90 Å². The molecule has 3 nitrogen and oxygen atoms in total. The van der Waals surface area contributed by atoms with Gasteiger partial charge in [-0.15, -0.1) is 0 Å². The first kappa shape index (κ1) is 12.9. The molecule has 18 heavy (non-hydrogen) atoms. The number of hydrogen-bond acceptors (Lipinski definition) is 3. The Labute approximate surface area is 111 Å². The van der Waals surface area contributed by atoms with Gasteiger partial charge in [0.15, 0.2) is 0 Å². The van der Waals surface area contributed by atoms with E-state index in [0.717, 1.165) is 31.9 Å². The van der Waals surface area contributed by atoms with Gasteiger partial charge >= 0.3 is 0 Å². The minimum atomic E-state index is 0.373. The molecule has 0 N–H and O–H groups in total. The molecule has 3 aliphatic rings. The number of ether oxygens (including phenoxy) is 2. The molecule has 1 saturated carbocycles. The van der Waals surface area contributed by atoms with Gasteiger partial charge in [-0.25, -0.2) is 0 Å². The van der Waals surface area contributed by atoms with Gasteiger partial charge in [0, 0.05) is 37.3 Å². The van der Waals surface area contributed by atoms with E-state index in [1.807, 2.05) is 0 Å². The molecule has 3 rings (SSSR count). The lowest BCUT2D eigenvalue weighted by atomic mass is 9.86. The summed E-state index contributed by atoms with van der Waals surface area (Å²) in [6.45, 7) is 8.45. The van der Waals surface area contributed by atoms with Crippen molar-refractivity contribution < 1.29 is 9.47 Å². The lowest BCUT2D eigenvalue weighted by molar-refractivity contribution is -0.0699. The van der Waals surface area contributed by atoms with E-state index in [1.165, 1.54) is 38.6 Å². The minimum absolute atomic E-state index is 0.373. The van der Waals surface area contributed by atoms with Crippen LogP contribution in [0, 0.1) is 5.41 Å². The van der Waals surface area contributed by atoms with Crippen LogP contribution in [0.15, 0.2) is 0 Å². The van der Waals surface area contributed by atoms with Crippen molar-refractivity contribution in [3.8, 4) is 0 Å². The molecule has 2 bridgehead atoms. The highest BCUT2D eigenvalue weighted by atomic mass is 16.5. The van der Waals surface area contributed by atoms with Crippen molar-refractivity contribution in [3.63, 3.8) is 0 Å². The maximum Gasteiger partial charge on any atom is 0.0538 e. The topological polar surface area (TPSA) is 21.7 Å². The first-order chi connectivity index (χ1) is 8.69. The van der Waals surface area contributed by atoms with E-state index in [0.29, 0.717) is 11.5 Å². The summed E-state index contributed by atoms with van der Waals surface area (Å²) in [5.41, 5.74) is 0.501. The molecule has 0 aromatic rings. The second-order valence-corrected chi connectivity index (χ2v) is 6.77. The fourth-order valence-electron chi connectivity index (χ4n) is 3.37. The molecule has 3 heteroatoms. The SMILES string of the molecule is CC(C)OCC1(CN2C3CCOCCC2C3)CC1. The Hall–Kier alpha value is -0.120. The molecular formula is C15H27NO2. The Bertz CT molecular complexity index is 272. The molecule has 1 aliphatic carbocycles. The summed E-state index contributed by atoms with van der Waals surface area (Å²) in [6.07, 6.45) is 6.98. The molecule has 3 fully saturated rings. The summed E-state index contributed by atoms with van der Waals surface area (Å²) in [6, 6.07) is 1.60. The molecule has 2 atom stereocenters. The fraction of sp³-hybridized carbons (Fsp3) is 1.00. The monoisotopic (exact) mass is 253 g/mol. The van der Waals surface area contributed by atoms with Crippen LogP contribution in [0.5, 0.6) is 0 Å². The quantitative estimate of drug-likeness (QED) is 0.751. The Balaban J connectivity index is 1.52. The Morgan fingerprint density at radius 1 is 1.22 bits per heavy atom. The zero-order chi connectivity index (χ0) is 12.6. The smallest absolute Gasteiger partial charge is 0.0538 e. The van der Waals surface area contributed by atoms with Gasteiger partial charge in [0.25, 0.3) is 0 Å². The van der Waals surface area contributed by atoms with Crippen molar-refractivity contribution in [2.75, 3.05) is 26.4 Å². The molecule has 0 spiro atoms. The lowest BCUT2D eigenvalue weighted by Crippen LogP contribution is -2.59. The number of rotatable bonds is 5. The Morgan fingerprint density at radius 2 is 1.89 bits per heavy atom. The van der Waals surface area contributed by atoms with Crippen LogP contribution < -0.4 is 0 Å². The van der Waals surface area contributed by atoms with Crippen LogP contribution in [-0.2, 0) is 9.47 Å². The first-order valence-electron chi connectivity index (χ1n) is 7.64. The van der Waals surface area contributed by atoms with E-state index >= 15 is 0 Å². The largest absolute Gasteiger partial charge is 0.381 e. The van der Waals surface area contributed by atoms with Crippen LogP contribution in [-0.4, -0.2) is 49.5 Å². The highest BCUT2D eigenvalue weighted by Gasteiger charge is 2.49. The summed E-state index contributed by atoms with van der Waals surface area (Å²) in [5, 5.41) is 0. The highest BCUT2D eigenvalue weighted by molar-refractivity contribution is 5.02. The molecule has 0 radical (unpaired) electrons. The summed E-state index contributed by atoms with van der Waals surface area (Å²) in [4.78, 5) is 2.76. The van der Waals surface area contributed by atoms with Crippen molar-refractivity contribution in [1.82, 2.24) is 4.90 Å². The van der Waals surface area contributed by atoms with Crippen LogP contribution in [0.4, 0.5) is 0 Å². The maximum absolute atomic E-state index is 5.87. The van der Waals surface area contributed by atoms with Gasteiger partial charge in [-0.1, -0.05) is 0 Å². The summed E-state index contributed by atoms with van der Waals surface area (Å²) >= 11 is 0. The Morgan fingerprint density at radius 3 is 2.44 bits per heavy atom. The van der Waals surface area contributed by atoms with Gasteiger partial charge in [-0.2, -0.15) is 0 Å². The molecule has 0 aromatic heterocycles. The average Bonchev–Trinajstić information content (AvgIpc) is 3.02. The first-order valence-corrected chi connectivity index (χ1v) is 7.64. The molecule has 104 valence electrons.